The van der Waals surface area contributed by atoms with E-state index in [4.69, 9.17) is 0 Å². The fourth-order valence-corrected chi connectivity index (χ4v) is 3.90. The molecule has 0 saturated heterocycles. The second-order valence-electron chi connectivity index (χ2n) is 8.81. The second-order valence-corrected chi connectivity index (χ2v) is 8.81. The summed E-state index contributed by atoms with van der Waals surface area (Å²) in [6, 6.07) is 3.45. The van der Waals surface area contributed by atoms with Crippen LogP contribution in [0.2, 0.25) is 0 Å². The molecule has 0 radical (unpaired) electrons. The summed E-state index contributed by atoms with van der Waals surface area (Å²) in [4.78, 5) is 28.4. The molecule has 0 unspecified atom stereocenters. The van der Waals surface area contributed by atoms with Gasteiger partial charge in [-0.2, -0.15) is 26.3 Å². The Morgan fingerprint density at radius 1 is 1.00 bits per heavy atom. The van der Waals surface area contributed by atoms with Gasteiger partial charge in [-0.1, -0.05) is 11.2 Å². The van der Waals surface area contributed by atoms with Crippen LogP contribution in [0.15, 0.2) is 35.5 Å². The Kier molecular flexibility index (Phi) is 8.88. The summed E-state index contributed by atoms with van der Waals surface area (Å²) < 4.78 is 147. The number of amides is 2. The number of halogens is 11. The number of nitrogens with one attached hydrogen (secondary N) is 2. The molecule has 1 aliphatic rings. The van der Waals surface area contributed by atoms with E-state index in [9.17, 15) is 57.9 Å². The first-order chi connectivity index (χ1) is 18.9. The summed E-state index contributed by atoms with van der Waals surface area (Å²) >= 11 is 0. The molecule has 2 amide bonds. The highest BCUT2D eigenvalue weighted by Gasteiger charge is 2.64. The van der Waals surface area contributed by atoms with Crippen molar-refractivity contribution in [3.8, 4) is 0 Å². The summed E-state index contributed by atoms with van der Waals surface area (Å²) in [6.45, 7) is -1.14. The number of carbonyl (C=O) groups excluding carboxylic acids is 2. The Balaban J connectivity index is 1.87. The van der Waals surface area contributed by atoms with Crippen LogP contribution >= 0.6 is 0 Å². The summed E-state index contributed by atoms with van der Waals surface area (Å²) in [5.41, 5.74) is -8.97. The Morgan fingerprint density at radius 2 is 1.66 bits per heavy atom. The van der Waals surface area contributed by atoms with Gasteiger partial charge in [-0.3, -0.25) is 9.59 Å². The van der Waals surface area contributed by atoms with Gasteiger partial charge in [-0.15, -0.1) is 0 Å². The number of rotatable bonds is 8. The molecule has 224 valence electrons. The van der Waals surface area contributed by atoms with Gasteiger partial charge in [0.1, 0.15) is 12.4 Å². The zero-order valence-corrected chi connectivity index (χ0v) is 20.5. The molecule has 0 aromatic heterocycles. The zero-order valence-electron chi connectivity index (χ0n) is 20.5. The predicted molar refractivity (Wildman–Crippen MR) is 119 cm³/mol. The zero-order chi connectivity index (χ0) is 30.9. The highest BCUT2D eigenvalue weighted by Crippen LogP contribution is 2.51. The molecule has 1 atom stereocenters. The number of alkyl halides is 10. The lowest BCUT2D eigenvalue weighted by molar-refractivity contribution is -0.276. The predicted octanol–water partition coefficient (Wildman–Crippen LogP) is 6.00. The molecule has 0 saturated carbocycles. The Labute approximate surface area is 223 Å². The average Bonchev–Trinajstić information content (AvgIpc) is 3.32. The van der Waals surface area contributed by atoms with E-state index in [0.717, 1.165) is 18.2 Å². The SMILES string of the molecule is Cc1cc(C2=NO[C@](c3cc(C(F)F)cc(C(F)F)c3F)(C(F)(F)F)C2)ccc1C(=O)NCC(=O)NCC(F)(F)F. The molecule has 0 fully saturated rings. The molecule has 0 bridgehead atoms. The van der Waals surface area contributed by atoms with Gasteiger partial charge in [0, 0.05) is 16.7 Å². The summed E-state index contributed by atoms with van der Waals surface area (Å²) in [5.74, 6) is -4.17. The number of hydrogen-bond acceptors (Lipinski definition) is 4. The third-order valence-electron chi connectivity index (χ3n) is 5.93. The number of hydrogen-bond donors (Lipinski definition) is 2. The number of carbonyl (C=O) groups is 2. The number of aryl methyl sites for hydroxylation is 1. The largest absolute Gasteiger partial charge is 0.435 e. The van der Waals surface area contributed by atoms with E-state index in [1.54, 1.807) is 0 Å². The number of oxime groups is 1. The Hall–Kier alpha value is -3.92. The monoisotopic (exact) mass is 605 g/mol. The van der Waals surface area contributed by atoms with Crippen LogP contribution in [0.3, 0.4) is 0 Å². The summed E-state index contributed by atoms with van der Waals surface area (Å²) in [6.07, 6.45) is -18.8. The van der Waals surface area contributed by atoms with Crippen LogP contribution in [0.25, 0.3) is 0 Å². The van der Waals surface area contributed by atoms with Gasteiger partial charge < -0.3 is 15.5 Å². The van der Waals surface area contributed by atoms with Crippen LogP contribution < -0.4 is 10.6 Å². The molecular formula is C24H18F11N3O3. The normalized spacial score (nSPS) is 17.5. The van der Waals surface area contributed by atoms with Crippen molar-refractivity contribution in [2.45, 2.75) is 44.1 Å². The fraction of sp³-hybridized carbons (Fsp3) is 0.375. The van der Waals surface area contributed by atoms with Crippen LogP contribution in [0.5, 0.6) is 0 Å². The first kappa shape index (κ1) is 31.6. The summed E-state index contributed by atoms with van der Waals surface area (Å²) in [5, 5.41) is 6.92. The van der Waals surface area contributed by atoms with E-state index in [-0.39, 0.29) is 28.8 Å². The first-order valence-electron chi connectivity index (χ1n) is 11.3. The van der Waals surface area contributed by atoms with E-state index >= 15 is 0 Å². The van der Waals surface area contributed by atoms with E-state index < -0.39 is 90.3 Å². The molecule has 3 rings (SSSR count). The lowest BCUT2D eigenvalue weighted by Crippen LogP contribution is -2.43. The lowest BCUT2D eigenvalue weighted by atomic mass is 9.84. The molecular weight excluding hydrogens is 587 g/mol. The lowest BCUT2D eigenvalue weighted by Gasteiger charge is -2.30. The van der Waals surface area contributed by atoms with E-state index in [1.807, 2.05) is 0 Å². The topological polar surface area (TPSA) is 79.8 Å². The van der Waals surface area contributed by atoms with Crippen LogP contribution in [0.1, 0.15) is 57.4 Å². The standard InChI is InChI=1S/C24H18F11N3O3/c1-10-4-11(2-3-13(10)21(40)36-8-17(39)37-9-23(30,31)32)16-7-22(41-38-16,24(33,34)35)15-6-12(19(26)27)5-14(18(15)25)20(28)29/h2-6,19-20H,7-9H2,1H3,(H,36,40)(H,37,39)/t22-/m1/s1. The molecule has 2 aromatic carbocycles. The molecule has 2 N–H and O–H groups in total. The minimum Gasteiger partial charge on any atom is -0.374 e. The first-order valence-corrected chi connectivity index (χ1v) is 11.3. The average molecular weight is 605 g/mol. The van der Waals surface area contributed by atoms with Gasteiger partial charge in [-0.25, -0.2) is 22.0 Å². The van der Waals surface area contributed by atoms with Crippen molar-refractivity contribution in [2.75, 3.05) is 13.1 Å². The van der Waals surface area contributed by atoms with Crippen molar-refractivity contribution in [2.24, 2.45) is 5.16 Å². The fourth-order valence-electron chi connectivity index (χ4n) is 3.90. The van der Waals surface area contributed by atoms with Crippen molar-refractivity contribution in [3.05, 3.63) is 69.5 Å². The van der Waals surface area contributed by atoms with Crippen LogP contribution in [-0.2, 0) is 15.2 Å². The van der Waals surface area contributed by atoms with E-state index in [2.05, 4.69) is 15.3 Å². The Morgan fingerprint density at radius 3 is 2.20 bits per heavy atom. The molecule has 17 heteroatoms. The Bertz CT molecular complexity index is 1360. The van der Waals surface area contributed by atoms with Crippen molar-refractivity contribution >= 4 is 17.5 Å². The molecule has 41 heavy (non-hydrogen) atoms. The van der Waals surface area contributed by atoms with Gasteiger partial charge in [0.05, 0.1) is 24.2 Å². The highest BCUT2D eigenvalue weighted by atomic mass is 19.4. The molecule has 2 aromatic rings. The quantitative estimate of drug-likeness (QED) is 0.363. The van der Waals surface area contributed by atoms with Crippen molar-refractivity contribution < 1.29 is 62.7 Å². The van der Waals surface area contributed by atoms with Gasteiger partial charge >= 0.3 is 12.4 Å². The molecule has 1 heterocycles. The van der Waals surface area contributed by atoms with Crippen LogP contribution in [0.4, 0.5) is 48.3 Å². The van der Waals surface area contributed by atoms with Crippen LogP contribution in [-0.4, -0.2) is 43.0 Å². The molecule has 1 aliphatic heterocycles. The minimum atomic E-state index is -5.53. The minimum absolute atomic E-state index is 0.0576. The number of nitrogens with zero attached hydrogens (tertiary/aromatic N) is 1. The van der Waals surface area contributed by atoms with Crippen LogP contribution in [0, 0.1) is 12.7 Å². The maximum absolute atomic E-state index is 14.9. The third kappa shape index (κ3) is 6.87. The molecule has 0 spiro atoms. The van der Waals surface area contributed by atoms with Gasteiger partial charge in [0.15, 0.2) is 0 Å². The number of benzene rings is 2. The molecule has 0 aliphatic carbocycles. The second kappa shape index (κ2) is 11.5. The highest BCUT2D eigenvalue weighted by molar-refractivity contribution is 6.04. The van der Waals surface area contributed by atoms with Gasteiger partial charge in [-0.05, 0) is 42.3 Å². The maximum atomic E-state index is 14.9. The third-order valence-corrected chi connectivity index (χ3v) is 5.93. The smallest absolute Gasteiger partial charge is 0.374 e. The van der Waals surface area contributed by atoms with E-state index in [0.29, 0.717) is 0 Å². The molecule has 6 nitrogen and oxygen atoms in total. The maximum Gasteiger partial charge on any atom is 0.435 e. The van der Waals surface area contributed by atoms with Crippen molar-refractivity contribution in [1.82, 2.24) is 10.6 Å². The van der Waals surface area contributed by atoms with Crippen molar-refractivity contribution in [3.63, 3.8) is 0 Å². The van der Waals surface area contributed by atoms with Gasteiger partial charge in [0.25, 0.3) is 24.4 Å². The summed E-state index contributed by atoms with van der Waals surface area (Å²) in [7, 11) is 0. The van der Waals surface area contributed by atoms with E-state index in [1.165, 1.54) is 12.2 Å². The van der Waals surface area contributed by atoms with Crippen molar-refractivity contribution in [1.29, 1.82) is 0 Å². The van der Waals surface area contributed by atoms with Gasteiger partial charge in [0.2, 0.25) is 5.91 Å².